The number of pyridine rings is 1. The molecule has 0 atom stereocenters. The predicted octanol–water partition coefficient (Wildman–Crippen LogP) is 9.18. The van der Waals surface area contributed by atoms with Crippen molar-refractivity contribution in [3.05, 3.63) is 127 Å². The van der Waals surface area contributed by atoms with Crippen molar-refractivity contribution in [2.75, 3.05) is 0 Å². The summed E-state index contributed by atoms with van der Waals surface area (Å²) in [6.45, 7) is 0. The molecule has 4 heteroatoms. The standard InChI is InChI=1S/C35H21N3O/c1-6-16-27-22(11-1)23-12-2-7-17-28(23)37(27)31-21-33(36-34-26-15-5-10-20-32(26)39-35(31)34)38-29-18-8-3-13-24(29)25-14-4-9-19-30(25)38/h1-21H. The Labute approximate surface area is 222 Å². The molecule has 0 unspecified atom stereocenters. The summed E-state index contributed by atoms with van der Waals surface area (Å²) in [7, 11) is 0. The van der Waals surface area contributed by atoms with Crippen LogP contribution in [0.25, 0.3) is 77.2 Å². The van der Waals surface area contributed by atoms with Crippen molar-refractivity contribution in [2.24, 2.45) is 0 Å². The quantitative estimate of drug-likeness (QED) is 0.238. The number of rotatable bonds is 2. The summed E-state index contributed by atoms with van der Waals surface area (Å²) in [4.78, 5) is 5.29. The first-order valence-electron chi connectivity index (χ1n) is 13.2. The van der Waals surface area contributed by atoms with Crippen molar-refractivity contribution < 1.29 is 4.42 Å². The van der Waals surface area contributed by atoms with Crippen LogP contribution in [0.3, 0.4) is 0 Å². The highest BCUT2D eigenvalue weighted by atomic mass is 16.3. The zero-order chi connectivity index (χ0) is 25.5. The van der Waals surface area contributed by atoms with Gasteiger partial charge in [0.15, 0.2) is 5.58 Å². The number of hydrogen-bond donors (Lipinski definition) is 0. The molecule has 4 nitrogen and oxygen atoms in total. The molecule has 9 rings (SSSR count). The second kappa shape index (κ2) is 7.59. The molecular formula is C35H21N3O. The molecule has 5 aromatic carbocycles. The fourth-order valence-electron chi connectivity index (χ4n) is 6.28. The van der Waals surface area contributed by atoms with Crippen LogP contribution in [0.2, 0.25) is 0 Å². The number of hydrogen-bond acceptors (Lipinski definition) is 2. The molecule has 0 aliphatic carbocycles. The van der Waals surface area contributed by atoms with E-state index < -0.39 is 0 Å². The van der Waals surface area contributed by atoms with Gasteiger partial charge in [0, 0.05) is 33.0 Å². The third-order valence-corrected chi connectivity index (χ3v) is 7.92. The number of nitrogens with zero attached hydrogens (tertiary/aromatic N) is 3. The first-order chi connectivity index (χ1) is 19.4. The molecule has 9 aromatic rings. The van der Waals surface area contributed by atoms with Gasteiger partial charge in [-0.3, -0.25) is 4.57 Å². The van der Waals surface area contributed by atoms with Gasteiger partial charge in [-0.25, -0.2) is 4.98 Å². The van der Waals surface area contributed by atoms with E-state index in [1.807, 2.05) is 18.2 Å². The topological polar surface area (TPSA) is 35.9 Å². The molecule has 0 amide bonds. The van der Waals surface area contributed by atoms with E-state index in [4.69, 9.17) is 9.40 Å². The monoisotopic (exact) mass is 499 g/mol. The number of benzene rings is 5. The van der Waals surface area contributed by atoms with Crippen molar-refractivity contribution in [3.8, 4) is 11.5 Å². The second-order valence-corrected chi connectivity index (χ2v) is 10.0. The molecule has 0 N–H and O–H groups in total. The maximum Gasteiger partial charge on any atom is 0.178 e. The molecule has 0 aliphatic heterocycles. The van der Waals surface area contributed by atoms with Crippen molar-refractivity contribution >= 4 is 65.7 Å². The summed E-state index contributed by atoms with van der Waals surface area (Å²) in [5.41, 5.74) is 8.00. The van der Waals surface area contributed by atoms with Gasteiger partial charge in [-0.15, -0.1) is 0 Å². The van der Waals surface area contributed by atoms with Gasteiger partial charge >= 0.3 is 0 Å². The summed E-state index contributed by atoms with van der Waals surface area (Å²) < 4.78 is 11.2. The highest BCUT2D eigenvalue weighted by molar-refractivity contribution is 6.13. The minimum absolute atomic E-state index is 0.784. The van der Waals surface area contributed by atoms with Crippen LogP contribution < -0.4 is 0 Å². The Morgan fingerprint density at radius 1 is 0.462 bits per heavy atom. The summed E-state index contributed by atoms with van der Waals surface area (Å²) in [6.07, 6.45) is 0. The van der Waals surface area contributed by atoms with Crippen LogP contribution in [0, 0.1) is 0 Å². The lowest BCUT2D eigenvalue weighted by Gasteiger charge is -2.13. The lowest BCUT2D eigenvalue weighted by molar-refractivity contribution is 0.665. The molecule has 0 bridgehead atoms. The molecule has 0 saturated heterocycles. The van der Waals surface area contributed by atoms with Gasteiger partial charge in [-0.05, 0) is 36.4 Å². The van der Waals surface area contributed by atoms with Gasteiger partial charge in [-0.1, -0.05) is 84.9 Å². The SMILES string of the molecule is c1ccc2c(c1)oc1c(-n3c4ccccc4c4ccccc43)cc(-n3c4ccccc4c4ccccc43)nc12. The third kappa shape index (κ3) is 2.75. The number of fused-ring (bicyclic) bond motifs is 9. The highest BCUT2D eigenvalue weighted by Gasteiger charge is 2.21. The summed E-state index contributed by atoms with van der Waals surface area (Å²) in [5, 5.41) is 5.87. The van der Waals surface area contributed by atoms with Crippen LogP contribution in [0.1, 0.15) is 0 Å². The zero-order valence-electron chi connectivity index (χ0n) is 20.9. The first-order valence-corrected chi connectivity index (χ1v) is 13.2. The van der Waals surface area contributed by atoms with Crippen LogP contribution in [-0.4, -0.2) is 14.1 Å². The molecule has 0 saturated carbocycles. The van der Waals surface area contributed by atoms with Gasteiger partial charge in [-0.2, -0.15) is 0 Å². The molecule has 0 spiro atoms. The van der Waals surface area contributed by atoms with E-state index in [9.17, 15) is 0 Å². The fourth-order valence-corrected chi connectivity index (χ4v) is 6.28. The molecule has 0 fully saturated rings. The second-order valence-electron chi connectivity index (χ2n) is 10.0. The largest absolute Gasteiger partial charge is 0.452 e. The lowest BCUT2D eigenvalue weighted by Crippen LogP contribution is -2.02. The van der Waals surface area contributed by atoms with Gasteiger partial charge < -0.3 is 8.98 Å². The molecule has 0 aliphatic rings. The Bertz CT molecular complexity index is 2300. The van der Waals surface area contributed by atoms with E-state index in [1.54, 1.807) is 0 Å². The van der Waals surface area contributed by atoms with Crippen molar-refractivity contribution in [3.63, 3.8) is 0 Å². The summed E-state index contributed by atoms with van der Waals surface area (Å²) >= 11 is 0. The smallest absolute Gasteiger partial charge is 0.178 e. The van der Waals surface area contributed by atoms with Gasteiger partial charge in [0.1, 0.15) is 16.9 Å². The highest BCUT2D eigenvalue weighted by Crippen LogP contribution is 2.39. The number of furan rings is 1. The molecule has 4 aromatic heterocycles. The van der Waals surface area contributed by atoms with Gasteiger partial charge in [0.2, 0.25) is 0 Å². The Hall–Kier alpha value is -5.35. The Morgan fingerprint density at radius 2 is 0.897 bits per heavy atom. The third-order valence-electron chi connectivity index (χ3n) is 7.92. The Kier molecular flexibility index (Phi) is 4.02. The van der Waals surface area contributed by atoms with E-state index in [2.05, 4.69) is 118 Å². The minimum atomic E-state index is 0.784. The van der Waals surface area contributed by atoms with E-state index in [-0.39, 0.29) is 0 Å². The molecular weight excluding hydrogens is 478 g/mol. The predicted molar refractivity (Wildman–Crippen MR) is 160 cm³/mol. The normalized spacial score (nSPS) is 12.1. The van der Waals surface area contributed by atoms with Gasteiger partial charge in [0.05, 0.1) is 27.8 Å². The Morgan fingerprint density at radius 3 is 1.44 bits per heavy atom. The molecule has 182 valence electrons. The lowest BCUT2D eigenvalue weighted by atomic mass is 10.2. The Balaban J connectivity index is 1.50. The average molecular weight is 500 g/mol. The summed E-state index contributed by atoms with van der Waals surface area (Å²) in [6, 6.07) is 44.6. The molecule has 0 radical (unpaired) electrons. The van der Waals surface area contributed by atoms with Crippen molar-refractivity contribution in [2.45, 2.75) is 0 Å². The van der Waals surface area contributed by atoms with Crippen LogP contribution in [-0.2, 0) is 0 Å². The average Bonchev–Trinajstić information content (AvgIpc) is 3.65. The molecule has 39 heavy (non-hydrogen) atoms. The number of aromatic nitrogens is 3. The van der Waals surface area contributed by atoms with Gasteiger partial charge in [0.25, 0.3) is 0 Å². The maximum atomic E-state index is 6.56. The van der Waals surface area contributed by atoms with Crippen molar-refractivity contribution in [1.82, 2.24) is 14.1 Å². The minimum Gasteiger partial charge on any atom is -0.452 e. The van der Waals surface area contributed by atoms with Crippen molar-refractivity contribution in [1.29, 1.82) is 0 Å². The first kappa shape index (κ1) is 20.7. The van der Waals surface area contributed by atoms with Crippen LogP contribution in [0.5, 0.6) is 0 Å². The van der Waals surface area contributed by atoms with E-state index >= 15 is 0 Å². The fraction of sp³-hybridized carbons (Fsp3) is 0. The zero-order valence-corrected chi connectivity index (χ0v) is 20.9. The summed E-state index contributed by atoms with van der Waals surface area (Å²) in [5.74, 6) is 0.864. The van der Waals surface area contributed by atoms with E-state index in [0.717, 1.165) is 55.6 Å². The van der Waals surface area contributed by atoms with Crippen LogP contribution in [0.4, 0.5) is 0 Å². The van der Waals surface area contributed by atoms with Crippen LogP contribution in [0.15, 0.2) is 132 Å². The maximum absolute atomic E-state index is 6.56. The van der Waals surface area contributed by atoms with E-state index in [1.165, 1.54) is 21.5 Å². The van der Waals surface area contributed by atoms with E-state index in [0.29, 0.717) is 0 Å². The molecule has 4 heterocycles. The number of para-hydroxylation sites is 5. The van der Waals surface area contributed by atoms with Crippen LogP contribution >= 0.6 is 0 Å².